The molecule has 4 aromatic rings. The zero-order chi connectivity index (χ0) is 20.4. The molecule has 0 nitrogen and oxygen atoms in total. The Morgan fingerprint density at radius 1 is 0.367 bits per heavy atom. The van der Waals surface area contributed by atoms with Gasteiger partial charge in [0.1, 0.15) is 0 Å². The number of hydrogen-bond acceptors (Lipinski definition) is 0. The Morgan fingerprint density at radius 2 is 0.600 bits per heavy atom. The second-order valence-electron chi connectivity index (χ2n) is 6.72. The van der Waals surface area contributed by atoms with Crippen molar-refractivity contribution in [2.24, 2.45) is 0 Å². The predicted octanol–water partition coefficient (Wildman–Crippen LogP) is 6.49. The van der Waals surface area contributed by atoms with Crippen LogP contribution in [0.25, 0.3) is 11.1 Å². The molecule has 0 fully saturated rings. The van der Waals surface area contributed by atoms with E-state index < -0.39 is 0 Å². The van der Waals surface area contributed by atoms with Crippen LogP contribution in [0.4, 0.5) is 0 Å². The van der Waals surface area contributed by atoms with Gasteiger partial charge in [-0.05, 0) is 0 Å². The molecule has 0 radical (unpaired) electrons. The number of rotatable bonds is 7. The van der Waals surface area contributed by atoms with Crippen molar-refractivity contribution in [1.82, 2.24) is 0 Å². The standard InChI is InChI=1S/C28H22Te2/c1-5-13-23(14-6-1)27(24-15-7-2-8-16-24)21-29-30-22-28(25-17-9-3-10-18-25)26-19-11-4-12-20-26/h1-22H. The normalized spacial score (nSPS) is 10.3. The van der Waals surface area contributed by atoms with Crippen LogP contribution in [-0.4, -0.2) is 34.1 Å². The Bertz CT molecular complexity index is 924. The van der Waals surface area contributed by atoms with Gasteiger partial charge in [0, 0.05) is 0 Å². The molecule has 0 atom stereocenters. The van der Waals surface area contributed by atoms with Crippen molar-refractivity contribution >= 4 is 45.3 Å². The van der Waals surface area contributed by atoms with E-state index in [0.717, 1.165) is 0 Å². The van der Waals surface area contributed by atoms with Crippen LogP contribution in [0, 0.1) is 0 Å². The van der Waals surface area contributed by atoms with Crippen LogP contribution in [0.2, 0.25) is 0 Å². The summed E-state index contributed by atoms with van der Waals surface area (Å²) in [6, 6.07) is 43.2. The molecule has 4 aromatic carbocycles. The van der Waals surface area contributed by atoms with E-state index in [2.05, 4.69) is 130 Å². The van der Waals surface area contributed by atoms with Gasteiger partial charge in [-0.2, -0.15) is 0 Å². The fraction of sp³-hybridized carbons (Fsp3) is 0. The molecule has 0 saturated carbocycles. The summed E-state index contributed by atoms with van der Waals surface area (Å²) in [6.07, 6.45) is 0. The number of benzene rings is 4. The van der Waals surface area contributed by atoms with Gasteiger partial charge in [-0.3, -0.25) is 0 Å². The molecule has 30 heavy (non-hydrogen) atoms. The van der Waals surface area contributed by atoms with E-state index in [1.165, 1.54) is 33.4 Å². The molecular weight excluding hydrogens is 592 g/mol. The molecule has 0 N–H and O–H groups in total. The SMILES string of the molecule is C([Te][Te]C=C(c1ccccc1)c1ccccc1)=C(c1ccccc1)c1ccccc1. The van der Waals surface area contributed by atoms with Gasteiger partial charge in [-0.15, -0.1) is 0 Å². The molecule has 0 spiro atoms. The third kappa shape index (κ3) is 5.76. The quantitative estimate of drug-likeness (QED) is 0.165. The van der Waals surface area contributed by atoms with E-state index in [1.54, 1.807) is 0 Å². The first-order valence-electron chi connectivity index (χ1n) is 9.86. The summed E-state index contributed by atoms with van der Waals surface area (Å²) in [5, 5.41) is 0. The maximum atomic E-state index is 2.56. The van der Waals surface area contributed by atoms with Crippen LogP contribution in [0.1, 0.15) is 22.3 Å². The Kier molecular flexibility index (Phi) is 8.02. The van der Waals surface area contributed by atoms with Crippen LogP contribution >= 0.6 is 0 Å². The fourth-order valence-corrected chi connectivity index (χ4v) is 11.5. The van der Waals surface area contributed by atoms with Crippen molar-refractivity contribution in [3.8, 4) is 0 Å². The van der Waals surface area contributed by atoms with Crippen molar-refractivity contribution in [3.63, 3.8) is 0 Å². The van der Waals surface area contributed by atoms with Crippen LogP contribution in [-0.2, 0) is 0 Å². The zero-order valence-electron chi connectivity index (χ0n) is 16.5. The van der Waals surface area contributed by atoms with Crippen LogP contribution in [0.5, 0.6) is 0 Å². The first-order valence-corrected chi connectivity index (χ1v) is 19.9. The summed E-state index contributed by atoms with van der Waals surface area (Å²) < 4.78 is 5.12. The average molecular weight is 614 g/mol. The van der Waals surface area contributed by atoms with Crippen LogP contribution < -0.4 is 0 Å². The first-order chi connectivity index (χ1) is 14.9. The van der Waals surface area contributed by atoms with Crippen molar-refractivity contribution in [3.05, 3.63) is 152 Å². The molecule has 0 heterocycles. The number of hydrogen-bond donors (Lipinski definition) is 0. The summed E-state index contributed by atoms with van der Waals surface area (Å²) >= 11 is -0.390. The Labute approximate surface area is 195 Å². The van der Waals surface area contributed by atoms with Gasteiger partial charge < -0.3 is 0 Å². The monoisotopic (exact) mass is 618 g/mol. The molecule has 0 amide bonds. The summed E-state index contributed by atoms with van der Waals surface area (Å²) in [4.78, 5) is 0. The van der Waals surface area contributed by atoms with Crippen molar-refractivity contribution in [2.45, 2.75) is 0 Å². The predicted molar refractivity (Wildman–Crippen MR) is 131 cm³/mol. The third-order valence-electron chi connectivity index (χ3n) is 4.73. The maximum absolute atomic E-state index is 2.56. The second kappa shape index (κ2) is 11.4. The Hall–Kier alpha value is -2.06. The molecule has 0 unspecified atom stereocenters. The zero-order valence-corrected chi connectivity index (χ0v) is 21.2. The van der Waals surface area contributed by atoms with E-state index in [9.17, 15) is 0 Å². The summed E-state index contributed by atoms with van der Waals surface area (Å²) in [7, 11) is 0. The third-order valence-corrected chi connectivity index (χ3v) is 12.8. The molecule has 146 valence electrons. The molecule has 0 aliphatic heterocycles. The molecule has 0 aliphatic carbocycles. The summed E-state index contributed by atoms with van der Waals surface area (Å²) in [6.45, 7) is 0. The molecule has 2 heteroatoms. The van der Waals surface area contributed by atoms with Gasteiger partial charge >= 0.3 is 197 Å². The van der Waals surface area contributed by atoms with E-state index in [-0.39, 0.29) is 34.1 Å². The Balaban J connectivity index is 1.60. The van der Waals surface area contributed by atoms with Gasteiger partial charge in [-0.25, -0.2) is 0 Å². The second-order valence-corrected chi connectivity index (χ2v) is 16.5. The van der Waals surface area contributed by atoms with Crippen LogP contribution in [0.15, 0.2) is 130 Å². The topological polar surface area (TPSA) is 0 Å². The van der Waals surface area contributed by atoms with Crippen LogP contribution in [0.3, 0.4) is 0 Å². The van der Waals surface area contributed by atoms with E-state index >= 15 is 0 Å². The minimum absolute atomic E-state index is 0.195. The molecule has 4 rings (SSSR count). The van der Waals surface area contributed by atoms with Gasteiger partial charge in [0.15, 0.2) is 0 Å². The first kappa shape index (κ1) is 21.2. The molecular formula is C28H22Te2. The van der Waals surface area contributed by atoms with Crippen molar-refractivity contribution in [1.29, 1.82) is 0 Å². The minimum atomic E-state index is -0.195. The van der Waals surface area contributed by atoms with Gasteiger partial charge in [0.2, 0.25) is 0 Å². The Morgan fingerprint density at radius 3 is 0.833 bits per heavy atom. The average Bonchev–Trinajstić information content (AvgIpc) is 2.84. The summed E-state index contributed by atoms with van der Waals surface area (Å²) in [5.41, 5.74) is 8.04. The van der Waals surface area contributed by atoms with E-state index in [0.29, 0.717) is 0 Å². The fourth-order valence-electron chi connectivity index (χ4n) is 3.23. The summed E-state index contributed by atoms with van der Waals surface area (Å²) in [5.74, 6) is 0. The molecule has 0 aromatic heterocycles. The van der Waals surface area contributed by atoms with Gasteiger partial charge in [0.05, 0.1) is 0 Å². The molecule has 0 bridgehead atoms. The molecule has 0 aliphatic rings. The van der Waals surface area contributed by atoms with Gasteiger partial charge in [0.25, 0.3) is 0 Å². The van der Waals surface area contributed by atoms with Crippen molar-refractivity contribution < 1.29 is 0 Å². The van der Waals surface area contributed by atoms with E-state index in [4.69, 9.17) is 0 Å². The van der Waals surface area contributed by atoms with E-state index in [1.807, 2.05) is 0 Å². The molecule has 0 saturated heterocycles. The van der Waals surface area contributed by atoms with Crippen molar-refractivity contribution in [2.75, 3.05) is 0 Å². The van der Waals surface area contributed by atoms with Gasteiger partial charge in [-0.1, -0.05) is 0 Å².